The van der Waals surface area contributed by atoms with E-state index >= 15 is 0 Å². The lowest BCUT2D eigenvalue weighted by atomic mass is 10.2. The van der Waals surface area contributed by atoms with Crippen LogP contribution < -0.4 is 4.74 Å². The normalized spacial score (nSPS) is 16.5. The van der Waals surface area contributed by atoms with Crippen molar-refractivity contribution in [2.24, 2.45) is 4.99 Å². The van der Waals surface area contributed by atoms with E-state index in [2.05, 4.69) is 4.99 Å². The van der Waals surface area contributed by atoms with Crippen LogP contribution >= 0.6 is 11.8 Å². The van der Waals surface area contributed by atoms with Crippen LogP contribution in [0.15, 0.2) is 58.4 Å². The van der Waals surface area contributed by atoms with Gasteiger partial charge in [-0.1, -0.05) is 12.1 Å². The predicted octanol–water partition coefficient (Wildman–Crippen LogP) is 4.50. The number of rotatable bonds is 6. The number of carbonyl (C=O) groups is 2. The molecule has 29 heavy (non-hydrogen) atoms. The third kappa shape index (κ3) is 4.86. The van der Waals surface area contributed by atoms with Gasteiger partial charge >= 0.3 is 5.97 Å². The Hall–Kier alpha value is -3.06. The first-order valence-corrected chi connectivity index (χ1v) is 10.1. The van der Waals surface area contributed by atoms with Crippen molar-refractivity contribution in [3.63, 3.8) is 0 Å². The second-order valence-corrected chi connectivity index (χ2v) is 7.11. The highest BCUT2D eigenvalue weighted by Crippen LogP contribution is 2.34. The lowest BCUT2D eigenvalue weighted by Gasteiger charge is -2.12. The molecule has 0 bridgehead atoms. The van der Waals surface area contributed by atoms with E-state index in [1.165, 1.54) is 11.8 Å². The Kier molecular flexibility index (Phi) is 6.72. The minimum absolute atomic E-state index is 0.0813. The van der Waals surface area contributed by atoms with Crippen molar-refractivity contribution >= 4 is 40.6 Å². The number of hydrogen-bond acceptors (Lipinski definition) is 6. The first kappa shape index (κ1) is 20.7. The monoisotopic (exact) mass is 410 g/mol. The van der Waals surface area contributed by atoms with Gasteiger partial charge < -0.3 is 9.47 Å². The van der Waals surface area contributed by atoms with E-state index in [0.29, 0.717) is 34.5 Å². The summed E-state index contributed by atoms with van der Waals surface area (Å²) >= 11 is 1.33. The summed E-state index contributed by atoms with van der Waals surface area (Å²) in [6.45, 7) is 4.52. The average molecular weight is 410 g/mol. The molecule has 6 nitrogen and oxygen atoms in total. The summed E-state index contributed by atoms with van der Waals surface area (Å²) in [7, 11) is 1.61. The van der Waals surface area contributed by atoms with E-state index in [-0.39, 0.29) is 11.9 Å². The molecule has 7 heteroatoms. The molecule has 0 spiro atoms. The molecule has 1 aliphatic heterocycles. The van der Waals surface area contributed by atoms with Gasteiger partial charge in [-0.15, -0.1) is 0 Å². The maximum absolute atomic E-state index is 12.8. The molecule has 1 saturated heterocycles. The molecule has 0 radical (unpaired) electrons. The standard InChI is InChI=1S/C22H22N2O4S/c1-4-24-20(25)19(14-15-7-6-8-18(13-15)27-3)29-22(24)23-17-11-9-16(10-12-17)21(26)28-5-2/h6-14H,4-5H2,1-3H3. The zero-order valence-electron chi connectivity index (χ0n) is 16.5. The minimum Gasteiger partial charge on any atom is -0.497 e. The second-order valence-electron chi connectivity index (χ2n) is 6.10. The predicted molar refractivity (Wildman–Crippen MR) is 115 cm³/mol. The average Bonchev–Trinajstić information content (AvgIpc) is 3.02. The van der Waals surface area contributed by atoms with Crippen LogP contribution in [0.1, 0.15) is 29.8 Å². The quantitative estimate of drug-likeness (QED) is 0.518. The van der Waals surface area contributed by atoms with Gasteiger partial charge in [-0.05, 0) is 73.6 Å². The van der Waals surface area contributed by atoms with Crippen molar-refractivity contribution in [3.05, 3.63) is 64.6 Å². The molecule has 2 aromatic carbocycles. The van der Waals surface area contributed by atoms with Gasteiger partial charge in [-0.25, -0.2) is 9.79 Å². The number of carbonyl (C=O) groups excluding carboxylic acids is 2. The second kappa shape index (κ2) is 9.43. The summed E-state index contributed by atoms with van der Waals surface area (Å²) in [6.07, 6.45) is 1.84. The van der Waals surface area contributed by atoms with Gasteiger partial charge in [0.1, 0.15) is 5.75 Å². The fraction of sp³-hybridized carbons (Fsp3) is 0.227. The summed E-state index contributed by atoms with van der Waals surface area (Å²) in [5.41, 5.74) is 2.02. The van der Waals surface area contributed by atoms with E-state index in [4.69, 9.17) is 9.47 Å². The molecular formula is C22H22N2O4S. The fourth-order valence-electron chi connectivity index (χ4n) is 2.75. The van der Waals surface area contributed by atoms with Crippen LogP contribution in [0, 0.1) is 0 Å². The number of esters is 1. The molecule has 1 heterocycles. The summed E-state index contributed by atoms with van der Waals surface area (Å²) in [6, 6.07) is 14.3. The molecule has 0 aliphatic carbocycles. The lowest BCUT2D eigenvalue weighted by Crippen LogP contribution is -2.28. The molecule has 3 rings (SSSR count). The highest BCUT2D eigenvalue weighted by Gasteiger charge is 2.32. The van der Waals surface area contributed by atoms with Crippen LogP contribution in [-0.4, -0.2) is 42.2 Å². The van der Waals surface area contributed by atoms with Crippen LogP contribution in [0.2, 0.25) is 0 Å². The summed E-state index contributed by atoms with van der Waals surface area (Å²) in [5, 5.41) is 0.607. The number of likely N-dealkylation sites (N-methyl/N-ethyl adjacent to an activating group) is 1. The van der Waals surface area contributed by atoms with E-state index in [0.717, 1.165) is 11.3 Å². The molecule has 0 atom stereocenters. The van der Waals surface area contributed by atoms with E-state index < -0.39 is 0 Å². The molecule has 0 unspecified atom stereocenters. The van der Waals surface area contributed by atoms with Gasteiger partial charge in [-0.2, -0.15) is 0 Å². The van der Waals surface area contributed by atoms with E-state index in [1.807, 2.05) is 37.3 Å². The Morgan fingerprint density at radius 1 is 1.17 bits per heavy atom. The van der Waals surface area contributed by atoms with Crippen molar-refractivity contribution in [1.82, 2.24) is 4.90 Å². The highest BCUT2D eigenvalue weighted by molar-refractivity contribution is 8.18. The number of benzene rings is 2. The molecule has 0 N–H and O–H groups in total. The Morgan fingerprint density at radius 2 is 1.93 bits per heavy atom. The third-order valence-electron chi connectivity index (χ3n) is 4.20. The fourth-order valence-corrected chi connectivity index (χ4v) is 3.81. The van der Waals surface area contributed by atoms with Gasteiger partial charge in [-0.3, -0.25) is 9.69 Å². The SMILES string of the molecule is CCOC(=O)c1ccc(N=C2SC(=Cc3cccc(OC)c3)C(=O)N2CC)cc1. The Morgan fingerprint density at radius 3 is 2.59 bits per heavy atom. The molecule has 150 valence electrons. The third-order valence-corrected chi connectivity index (χ3v) is 5.21. The Balaban J connectivity index is 1.84. The summed E-state index contributed by atoms with van der Waals surface area (Å²) < 4.78 is 10.2. The summed E-state index contributed by atoms with van der Waals surface area (Å²) in [5.74, 6) is 0.288. The zero-order chi connectivity index (χ0) is 20.8. The van der Waals surface area contributed by atoms with Crippen molar-refractivity contribution < 1.29 is 19.1 Å². The Labute approximate surface area is 174 Å². The van der Waals surface area contributed by atoms with Crippen LogP contribution in [0.3, 0.4) is 0 Å². The van der Waals surface area contributed by atoms with E-state index in [1.54, 1.807) is 43.2 Å². The van der Waals surface area contributed by atoms with Crippen LogP contribution in [0.25, 0.3) is 6.08 Å². The number of aliphatic imine (C=N–C) groups is 1. The minimum atomic E-state index is -0.365. The topological polar surface area (TPSA) is 68.2 Å². The van der Waals surface area contributed by atoms with Gasteiger partial charge in [0.25, 0.3) is 5.91 Å². The molecule has 0 saturated carbocycles. The van der Waals surface area contributed by atoms with Gasteiger partial charge in [0.05, 0.1) is 29.9 Å². The number of amides is 1. The van der Waals surface area contributed by atoms with Crippen molar-refractivity contribution in [3.8, 4) is 5.75 Å². The van der Waals surface area contributed by atoms with Crippen LogP contribution in [0.5, 0.6) is 5.75 Å². The number of methoxy groups -OCH3 is 1. The highest BCUT2D eigenvalue weighted by atomic mass is 32.2. The van der Waals surface area contributed by atoms with Crippen LogP contribution in [0.4, 0.5) is 5.69 Å². The molecular weight excluding hydrogens is 388 g/mol. The maximum Gasteiger partial charge on any atom is 0.338 e. The van der Waals surface area contributed by atoms with Crippen molar-refractivity contribution in [1.29, 1.82) is 0 Å². The van der Waals surface area contributed by atoms with Crippen molar-refractivity contribution in [2.75, 3.05) is 20.3 Å². The van der Waals surface area contributed by atoms with Gasteiger partial charge in [0.15, 0.2) is 5.17 Å². The number of nitrogens with zero attached hydrogens (tertiary/aromatic N) is 2. The number of hydrogen-bond donors (Lipinski definition) is 0. The largest absolute Gasteiger partial charge is 0.497 e. The molecule has 2 aromatic rings. The first-order valence-electron chi connectivity index (χ1n) is 9.27. The number of ether oxygens (including phenoxy) is 2. The van der Waals surface area contributed by atoms with Crippen LogP contribution in [-0.2, 0) is 9.53 Å². The van der Waals surface area contributed by atoms with Gasteiger partial charge in [0, 0.05) is 6.54 Å². The zero-order valence-corrected chi connectivity index (χ0v) is 17.4. The Bertz CT molecular complexity index is 967. The molecule has 1 fully saturated rings. The lowest BCUT2D eigenvalue weighted by molar-refractivity contribution is -0.122. The molecule has 1 aliphatic rings. The van der Waals surface area contributed by atoms with Gasteiger partial charge in [0.2, 0.25) is 0 Å². The maximum atomic E-state index is 12.8. The van der Waals surface area contributed by atoms with E-state index in [9.17, 15) is 9.59 Å². The molecule has 0 aromatic heterocycles. The van der Waals surface area contributed by atoms with Crippen molar-refractivity contribution in [2.45, 2.75) is 13.8 Å². The molecule has 1 amide bonds. The first-order chi connectivity index (χ1) is 14.0. The number of amidine groups is 1. The number of thioether (sulfide) groups is 1. The summed E-state index contributed by atoms with van der Waals surface area (Å²) in [4.78, 5) is 31.4. The smallest absolute Gasteiger partial charge is 0.338 e.